The molecule has 2 N–H and O–H groups in total. The average molecular weight is 418 g/mol. The van der Waals surface area contributed by atoms with E-state index in [4.69, 9.17) is 20.0 Å². The lowest BCUT2D eigenvalue weighted by atomic mass is 10.2. The van der Waals surface area contributed by atoms with Crippen LogP contribution in [0.15, 0.2) is 47.8 Å². The first-order chi connectivity index (χ1) is 14.2. The molecule has 1 saturated heterocycles. The largest absolute Gasteiger partial charge is 0.491 e. The molecule has 2 heterocycles. The lowest BCUT2D eigenvalue weighted by Gasteiger charge is -2.18. The van der Waals surface area contributed by atoms with E-state index in [9.17, 15) is 0 Å². The van der Waals surface area contributed by atoms with Gasteiger partial charge in [-0.1, -0.05) is 5.16 Å². The normalized spacial score (nSPS) is 14.6. The SMILES string of the molecule is CCO/N=C/c1ccc(OCCOCCN2CCN(c3ccnc(N)c3)S2)cc1. The molecule has 0 bridgehead atoms. The zero-order valence-electron chi connectivity index (χ0n) is 16.6. The molecule has 2 aromatic rings. The maximum atomic E-state index is 5.76. The minimum Gasteiger partial charge on any atom is -0.491 e. The Hall–Kier alpha value is -2.49. The molecule has 0 saturated carbocycles. The number of nitrogens with zero attached hydrogens (tertiary/aromatic N) is 4. The Balaban J connectivity index is 1.27. The second-order valence-corrected chi connectivity index (χ2v) is 7.35. The number of ether oxygens (including phenoxy) is 2. The van der Waals surface area contributed by atoms with Gasteiger partial charge in [0.05, 0.1) is 25.1 Å². The van der Waals surface area contributed by atoms with Gasteiger partial charge in [0, 0.05) is 44.0 Å². The minimum absolute atomic E-state index is 0.516. The Kier molecular flexibility index (Phi) is 8.41. The fraction of sp³-hybridized carbons (Fsp3) is 0.400. The zero-order valence-corrected chi connectivity index (χ0v) is 17.4. The highest BCUT2D eigenvalue weighted by Crippen LogP contribution is 2.30. The molecule has 1 aliphatic rings. The Morgan fingerprint density at radius 3 is 2.83 bits per heavy atom. The van der Waals surface area contributed by atoms with Crippen LogP contribution in [-0.4, -0.2) is 61.6 Å². The van der Waals surface area contributed by atoms with Crippen LogP contribution in [0.25, 0.3) is 0 Å². The molecule has 3 rings (SSSR count). The molecule has 9 heteroatoms. The van der Waals surface area contributed by atoms with Crippen LogP contribution in [-0.2, 0) is 9.57 Å². The monoisotopic (exact) mass is 417 g/mol. The van der Waals surface area contributed by atoms with Crippen molar-refractivity contribution in [3.63, 3.8) is 0 Å². The van der Waals surface area contributed by atoms with Gasteiger partial charge in [0.15, 0.2) is 0 Å². The maximum Gasteiger partial charge on any atom is 0.125 e. The van der Waals surface area contributed by atoms with Crippen molar-refractivity contribution in [1.29, 1.82) is 0 Å². The van der Waals surface area contributed by atoms with Gasteiger partial charge in [-0.25, -0.2) is 9.29 Å². The Labute approximate surface area is 175 Å². The molecular formula is C20H27N5O3S. The third-order valence-corrected chi connectivity index (χ3v) is 5.27. The summed E-state index contributed by atoms with van der Waals surface area (Å²) in [6.07, 6.45) is 3.41. The molecule has 1 aromatic carbocycles. The van der Waals surface area contributed by atoms with Gasteiger partial charge in [-0.2, -0.15) is 0 Å². The van der Waals surface area contributed by atoms with E-state index in [0.29, 0.717) is 32.2 Å². The molecule has 1 fully saturated rings. The number of nitrogens with two attached hydrogens (primary N) is 1. The van der Waals surface area contributed by atoms with Gasteiger partial charge in [0.1, 0.15) is 24.8 Å². The molecule has 8 nitrogen and oxygen atoms in total. The molecule has 29 heavy (non-hydrogen) atoms. The summed E-state index contributed by atoms with van der Waals surface area (Å²) in [5, 5.41) is 3.84. The highest BCUT2D eigenvalue weighted by molar-refractivity contribution is 7.98. The number of aromatic nitrogens is 1. The molecule has 1 aromatic heterocycles. The standard InChI is InChI=1S/C20H27N5O3S/c1-2-28-23-16-17-3-5-19(6-4-17)27-14-13-26-12-11-24-9-10-25(29-24)18-7-8-22-20(21)15-18/h3-8,15-16H,2,9-14H2,1H3,(H2,21,22)/b23-16+. The Morgan fingerprint density at radius 1 is 1.17 bits per heavy atom. The van der Waals surface area contributed by atoms with E-state index in [1.807, 2.05) is 43.3 Å². The minimum atomic E-state index is 0.516. The van der Waals surface area contributed by atoms with Crippen molar-refractivity contribution in [2.45, 2.75) is 6.92 Å². The average Bonchev–Trinajstić information content (AvgIpc) is 3.21. The van der Waals surface area contributed by atoms with E-state index in [1.54, 1.807) is 24.5 Å². The van der Waals surface area contributed by atoms with Gasteiger partial charge in [-0.05, 0) is 42.8 Å². The van der Waals surface area contributed by atoms with Crippen molar-refractivity contribution in [2.75, 3.05) is 56.1 Å². The molecule has 0 spiro atoms. The number of anilines is 2. The summed E-state index contributed by atoms with van der Waals surface area (Å²) in [5.41, 5.74) is 7.80. The number of benzene rings is 1. The van der Waals surface area contributed by atoms with Crippen LogP contribution in [0, 0.1) is 0 Å². The molecular weight excluding hydrogens is 390 g/mol. The summed E-state index contributed by atoms with van der Waals surface area (Å²) in [6, 6.07) is 11.6. The van der Waals surface area contributed by atoms with E-state index < -0.39 is 0 Å². The third kappa shape index (κ3) is 7.12. The molecule has 0 radical (unpaired) electrons. The second-order valence-electron chi connectivity index (χ2n) is 6.23. The highest BCUT2D eigenvalue weighted by Gasteiger charge is 2.21. The molecule has 1 aliphatic heterocycles. The van der Waals surface area contributed by atoms with Gasteiger partial charge < -0.3 is 24.4 Å². The van der Waals surface area contributed by atoms with Crippen LogP contribution < -0.4 is 14.8 Å². The third-order valence-electron chi connectivity index (χ3n) is 4.09. The van der Waals surface area contributed by atoms with Gasteiger partial charge in [-0.3, -0.25) is 0 Å². The fourth-order valence-corrected chi connectivity index (χ4v) is 3.62. The van der Waals surface area contributed by atoms with Crippen LogP contribution in [0.2, 0.25) is 0 Å². The van der Waals surface area contributed by atoms with Crippen molar-refractivity contribution in [3.05, 3.63) is 48.2 Å². The number of nitrogen functional groups attached to an aromatic ring is 1. The van der Waals surface area contributed by atoms with Crippen LogP contribution >= 0.6 is 12.1 Å². The van der Waals surface area contributed by atoms with Crippen molar-refractivity contribution >= 4 is 29.9 Å². The van der Waals surface area contributed by atoms with E-state index in [-0.39, 0.29) is 0 Å². The predicted molar refractivity (Wildman–Crippen MR) is 117 cm³/mol. The summed E-state index contributed by atoms with van der Waals surface area (Å²) in [6.45, 7) is 6.97. The van der Waals surface area contributed by atoms with Crippen molar-refractivity contribution < 1.29 is 14.3 Å². The van der Waals surface area contributed by atoms with E-state index in [0.717, 1.165) is 36.6 Å². The fourth-order valence-electron chi connectivity index (χ4n) is 2.65. The van der Waals surface area contributed by atoms with Crippen LogP contribution in [0.5, 0.6) is 5.75 Å². The van der Waals surface area contributed by atoms with E-state index in [1.165, 1.54) is 0 Å². The number of pyridine rings is 1. The van der Waals surface area contributed by atoms with Crippen molar-refractivity contribution in [2.24, 2.45) is 5.16 Å². The number of oxime groups is 1. The quantitative estimate of drug-likeness (QED) is 0.259. The lowest BCUT2D eigenvalue weighted by molar-refractivity contribution is 0.0947. The number of hydrogen-bond donors (Lipinski definition) is 1. The van der Waals surface area contributed by atoms with E-state index >= 15 is 0 Å². The summed E-state index contributed by atoms with van der Waals surface area (Å²) in [5.74, 6) is 1.35. The Bertz CT molecular complexity index is 775. The molecule has 0 amide bonds. The van der Waals surface area contributed by atoms with Gasteiger partial charge in [0.25, 0.3) is 0 Å². The van der Waals surface area contributed by atoms with Crippen LogP contribution in [0.3, 0.4) is 0 Å². The van der Waals surface area contributed by atoms with Crippen molar-refractivity contribution in [1.82, 2.24) is 9.29 Å². The van der Waals surface area contributed by atoms with Gasteiger partial charge in [-0.15, -0.1) is 0 Å². The van der Waals surface area contributed by atoms with Gasteiger partial charge >= 0.3 is 0 Å². The van der Waals surface area contributed by atoms with Crippen LogP contribution in [0.4, 0.5) is 11.5 Å². The zero-order chi connectivity index (χ0) is 20.3. The van der Waals surface area contributed by atoms with Crippen LogP contribution in [0.1, 0.15) is 12.5 Å². The maximum absolute atomic E-state index is 5.76. The summed E-state index contributed by atoms with van der Waals surface area (Å²) >= 11 is 1.69. The topological polar surface area (TPSA) is 85.4 Å². The highest BCUT2D eigenvalue weighted by atomic mass is 32.2. The number of hydrogen-bond acceptors (Lipinski definition) is 9. The first-order valence-corrected chi connectivity index (χ1v) is 10.4. The molecule has 0 atom stereocenters. The first-order valence-electron chi connectivity index (χ1n) is 9.62. The van der Waals surface area contributed by atoms with Gasteiger partial charge in [0.2, 0.25) is 0 Å². The number of rotatable bonds is 11. The lowest BCUT2D eigenvalue weighted by Crippen LogP contribution is -2.20. The smallest absolute Gasteiger partial charge is 0.125 e. The predicted octanol–water partition coefficient (Wildman–Crippen LogP) is 2.82. The van der Waals surface area contributed by atoms with E-state index in [2.05, 4.69) is 18.8 Å². The second kappa shape index (κ2) is 11.5. The first kappa shape index (κ1) is 21.2. The molecule has 0 aliphatic carbocycles. The molecule has 0 unspecified atom stereocenters. The Morgan fingerprint density at radius 2 is 2.03 bits per heavy atom. The summed E-state index contributed by atoms with van der Waals surface area (Å²) < 4.78 is 15.9. The molecule has 156 valence electrons. The summed E-state index contributed by atoms with van der Waals surface area (Å²) in [7, 11) is 0. The summed E-state index contributed by atoms with van der Waals surface area (Å²) in [4.78, 5) is 8.98. The van der Waals surface area contributed by atoms with Crippen molar-refractivity contribution in [3.8, 4) is 5.75 Å².